The van der Waals surface area contributed by atoms with Crippen LogP contribution in [0.5, 0.6) is 11.5 Å². The Morgan fingerprint density at radius 3 is 2.47 bits per heavy atom. The smallest absolute Gasteiger partial charge is 0.255 e. The number of nitrogens with zero attached hydrogens (tertiary/aromatic N) is 1. The van der Waals surface area contributed by atoms with Crippen molar-refractivity contribution in [2.24, 2.45) is 11.7 Å². The summed E-state index contributed by atoms with van der Waals surface area (Å²) in [5, 5.41) is 2.70. The summed E-state index contributed by atoms with van der Waals surface area (Å²) in [6.45, 7) is 0.612. The Morgan fingerprint density at radius 1 is 1.03 bits per heavy atom. The van der Waals surface area contributed by atoms with Crippen molar-refractivity contribution in [3.8, 4) is 11.5 Å². The molecule has 2 fully saturated rings. The van der Waals surface area contributed by atoms with E-state index >= 15 is 0 Å². The lowest BCUT2D eigenvalue weighted by Crippen LogP contribution is -2.52. The fourth-order valence-electron chi connectivity index (χ4n) is 5.71. The summed E-state index contributed by atoms with van der Waals surface area (Å²) in [6, 6.07) is 5.95. The van der Waals surface area contributed by atoms with Crippen LogP contribution in [0.1, 0.15) is 41.6 Å². The molecular weight excluding hydrogens is 475 g/mol. The highest BCUT2D eigenvalue weighted by molar-refractivity contribution is 5.99. The number of carbonyl (C=O) groups is 2. The molecule has 0 saturated carbocycles. The average molecular weight is 504 g/mol. The highest BCUT2D eigenvalue weighted by Crippen LogP contribution is 2.40. The van der Waals surface area contributed by atoms with Crippen LogP contribution in [0, 0.1) is 23.4 Å². The largest absolute Gasteiger partial charge is 0.486 e. The van der Waals surface area contributed by atoms with Crippen LogP contribution in [-0.2, 0) is 11.2 Å². The lowest BCUT2D eigenvalue weighted by molar-refractivity contribution is -0.135. The topological polar surface area (TPSA) is 93.9 Å². The summed E-state index contributed by atoms with van der Waals surface area (Å²) < 4.78 is 52.0. The number of piperidine rings is 1. The molecule has 2 saturated heterocycles. The van der Waals surface area contributed by atoms with Crippen molar-refractivity contribution in [2.75, 3.05) is 19.8 Å². The van der Waals surface area contributed by atoms with Gasteiger partial charge in [-0.3, -0.25) is 9.59 Å². The first kappa shape index (κ1) is 24.4. The first-order valence-corrected chi connectivity index (χ1v) is 12.2. The monoisotopic (exact) mass is 503 g/mol. The molecule has 7 nitrogen and oxygen atoms in total. The molecule has 3 atom stereocenters. The second-order valence-corrected chi connectivity index (χ2v) is 9.66. The summed E-state index contributed by atoms with van der Waals surface area (Å²) in [5.41, 5.74) is 6.73. The van der Waals surface area contributed by atoms with Crippen molar-refractivity contribution < 1.29 is 32.2 Å². The van der Waals surface area contributed by atoms with Crippen molar-refractivity contribution in [1.82, 2.24) is 10.2 Å². The molecule has 0 spiro atoms. The van der Waals surface area contributed by atoms with Crippen LogP contribution in [0.25, 0.3) is 0 Å². The fraction of sp³-hybridized carbons (Fsp3) is 0.462. The lowest BCUT2D eigenvalue weighted by atomic mass is 9.82. The van der Waals surface area contributed by atoms with Gasteiger partial charge in [0.2, 0.25) is 5.91 Å². The Labute approximate surface area is 206 Å². The zero-order valence-corrected chi connectivity index (χ0v) is 19.6. The van der Waals surface area contributed by atoms with Gasteiger partial charge in [-0.05, 0) is 61.8 Å². The number of nitrogens with one attached hydrogen (secondary N) is 1. The van der Waals surface area contributed by atoms with Crippen LogP contribution < -0.4 is 20.5 Å². The molecular formula is C26H28F3N3O4. The van der Waals surface area contributed by atoms with E-state index in [9.17, 15) is 22.8 Å². The van der Waals surface area contributed by atoms with Crippen molar-refractivity contribution in [1.29, 1.82) is 0 Å². The molecule has 3 heterocycles. The number of ether oxygens (including phenoxy) is 2. The fourth-order valence-corrected chi connectivity index (χ4v) is 5.71. The second-order valence-electron chi connectivity index (χ2n) is 9.66. The summed E-state index contributed by atoms with van der Waals surface area (Å²) in [6.07, 6.45) is 3.01. The van der Waals surface area contributed by atoms with E-state index < -0.39 is 29.4 Å². The SMILES string of the molecule is N[C@H](Cc1cc(F)c(F)cc1F)C1C[C@H]2CC[C@H](C1)N2C(=O)CNC(=O)c1cccc2c1OCCO2. The first-order valence-electron chi connectivity index (χ1n) is 12.2. The minimum absolute atomic E-state index is 0.0154. The average Bonchev–Trinajstić information content (AvgIpc) is 3.14. The maximum absolute atomic E-state index is 14.1. The molecule has 2 aromatic rings. The van der Waals surface area contributed by atoms with Crippen molar-refractivity contribution in [2.45, 2.75) is 50.2 Å². The van der Waals surface area contributed by atoms with Gasteiger partial charge in [-0.2, -0.15) is 0 Å². The van der Waals surface area contributed by atoms with Gasteiger partial charge in [-0.15, -0.1) is 0 Å². The number of amides is 2. The predicted octanol–water partition coefficient (Wildman–Crippen LogP) is 2.94. The lowest BCUT2D eigenvalue weighted by Gasteiger charge is -2.41. The number of hydrogen-bond donors (Lipinski definition) is 2. The maximum Gasteiger partial charge on any atom is 0.255 e. The molecule has 36 heavy (non-hydrogen) atoms. The molecule has 5 rings (SSSR count). The number of halogens is 3. The first-order chi connectivity index (χ1) is 17.3. The minimum atomic E-state index is -1.23. The summed E-state index contributed by atoms with van der Waals surface area (Å²) in [7, 11) is 0. The summed E-state index contributed by atoms with van der Waals surface area (Å²) in [5.74, 6) is -2.83. The van der Waals surface area contributed by atoms with E-state index in [2.05, 4.69) is 5.32 Å². The Balaban J connectivity index is 1.18. The molecule has 0 aliphatic carbocycles. The van der Waals surface area contributed by atoms with Gasteiger partial charge in [0.15, 0.2) is 23.1 Å². The third kappa shape index (κ3) is 4.74. The van der Waals surface area contributed by atoms with E-state index in [-0.39, 0.29) is 42.4 Å². The van der Waals surface area contributed by atoms with Crippen molar-refractivity contribution in [3.63, 3.8) is 0 Å². The van der Waals surface area contributed by atoms with Gasteiger partial charge >= 0.3 is 0 Å². The molecule has 2 bridgehead atoms. The zero-order chi connectivity index (χ0) is 25.4. The van der Waals surface area contributed by atoms with Crippen LogP contribution in [-0.4, -0.2) is 54.6 Å². The number of carbonyl (C=O) groups excluding carboxylic acids is 2. The number of rotatable bonds is 6. The molecule has 192 valence electrons. The number of para-hydroxylation sites is 1. The van der Waals surface area contributed by atoms with E-state index in [1.165, 1.54) is 0 Å². The Kier molecular flexibility index (Phi) is 6.79. The van der Waals surface area contributed by atoms with Gasteiger partial charge in [-0.25, -0.2) is 13.2 Å². The number of hydrogen-bond acceptors (Lipinski definition) is 5. The summed E-state index contributed by atoms with van der Waals surface area (Å²) in [4.78, 5) is 27.7. The van der Waals surface area contributed by atoms with Gasteiger partial charge in [0, 0.05) is 24.2 Å². The highest BCUT2D eigenvalue weighted by atomic mass is 19.2. The van der Waals surface area contributed by atoms with Gasteiger partial charge in [0.05, 0.1) is 12.1 Å². The predicted molar refractivity (Wildman–Crippen MR) is 124 cm³/mol. The van der Waals surface area contributed by atoms with Crippen LogP contribution >= 0.6 is 0 Å². The van der Waals surface area contributed by atoms with E-state index in [0.717, 1.165) is 18.9 Å². The van der Waals surface area contributed by atoms with E-state index in [0.29, 0.717) is 49.2 Å². The Bertz CT molecular complexity index is 1160. The van der Waals surface area contributed by atoms with E-state index in [1.807, 2.05) is 4.90 Å². The summed E-state index contributed by atoms with van der Waals surface area (Å²) >= 11 is 0. The minimum Gasteiger partial charge on any atom is -0.486 e. The molecule has 3 aliphatic rings. The molecule has 0 radical (unpaired) electrons. The van der Waals surface area contributed by atoms with Crippen molar-refractivity contribution in [3.05, 3.63) is 58.9 Å². The highest BCUT2D eigenvalue weighted by Gasteiger charge is 2.44. The van der Waals surface area contributed by atoms with Gasteiger partial charge in [0.1, 0.15) is 19.0 Å². The van der Waals surface area contributed by atoms with Gasteiger partial charge in [0.25, 0.3) is 5.91 Å². The molecule has 3 aliphatic heterocycles. The van der Waals surface area contributed by atoms with Crippen LogP contribution in [0.15, 0.2) is 30.3 Å². The maximum atomic E-state index is 14.1. The third-order valence-corrected chi connectivity index (χ3v) is 7.42. The standard InChI is InChI=1S/C26H28F3N3O4/c27-19-12-21(29)20(28)10-14(19)11-22(30)15-8-16-4-5-17(9-15)32(16)24(33)13-31-26(34)18-2-1-3-23-25(18)36-7-6-35-23/h1-3,10,12,15-17,22H,4-9,11,13,30H2,(H,31,34)/t16-,17-,22-/m1/s1. The molecule has 0 aromatic heterocycles. The van der Waals surface area contributed by atoms with Crippen LogP contribution in [0.4, 0.5) is 13.2 Å². The second kappa shape index (κ2) is 10.0. The zero-order valence-electron chi connectivity index (χ0n) is 19.6. The third-order valence-electron chi connectivity index (χ3n) is 7.42. The number of benzene rings is 2. The molecule has 2 amide bonds. The van der Waals surface area contributed by atoms with E-state index in [1.54, 1.807) is 18.2 Å². The molecule has 0 unspecified atom stereocenters. The van der Waals surface area contributed by atoms with E-state index in [4.69, 9.17) is 15.2 Å². The quantitative estimate of drug-likeness (QED) is 0.592. The Morgan fingerprint density at radius 2 is 1.72 bits per heavy atom. The Hall–Kier alpha value is -3.27. The van der Waals surface area contributed by atoms with Crippen molar-refractivity contribution >= 4 is 11.8 Å². The molecule has 10 heteroatoms. The molecule has 2 aromatic carbocycles. The number of fused-ring (bicyclic) bond motifs is 3. The number of nitrogens with two attached hydrogens (primary N) is 1. The van der Waals surface area contributed by atoms with Crippen LogP contribution in [0.2, 0.25) is 0 Å². The molecule has 3 N–H and O–H groups in total. The van der Waals surface area contributed by atoms with Crippen LogP contribution in [0.3, 0.4) is 0 Å². The normalized spacial score (nSPS) is 23.3. The van der Waals surface area contributed by atoms with Gasteiger partial charge in [-0.1, -0.05) is 6.07 Å². The van der Waals surface area contributed by atoms with Gasteiger partial charge < -0.3 is 25.4 Å².